The molecule has 6 rings (SSSR count). The van der Waals surface area contributed by atoms with Crippen molar-refractivity contribution < 1.29 is 77.3 Å². The number of aliphatic hydroxyl groups excluding tert-OH is 1. The highest BCUT2D eigenvalue weighted by Gasteiger charge is 2.44. The first-order valence-corrected chi connectivity index (χ1v) is 28.7. The number of fused-ring (bicyclic) bond motifs is 5. The van der Waals surface area contributed by atoms with Crippen molar-refractivity contribution in [3.63, 3.8) is 0 Å². The Morgan fingerprint density at radius 1 is 0.780 bits per heavy atom. The van der Waals surface area contributed by atoms with Crippen LogP contribution in [0.1, 0.15) is 104 Å². The van der Waals surface area contributed by atoms with Crippen LogP contribution in [0.2, 0.25) is 0 Å². The number of rotatable bonds is 17. The number of carbonyl (C=O) groups excluding carboxylic acids is 13. The van der Waals surface area contributed by atoms with E-state index in [1.165, 1.54) is 6.92 Å². The van der Waals surface area contributed by atoms with Crippen molar-refractivity contribution in [1.82, 2.24) is 46.7 Å². The number of carbonyl (C=O) groups is 14. The smallest absolute Gasteiger partial charge is 0.304 e. The molecule has 2 bridgehead atoms. The highest BCUT2D eigenvalue weighted by Crippen LogP contribution is 2.35. The Kier molecular flexibility index (Phi) is 22.4. The van der Waals surface area contributed by atoms with Crippen molar-refractivity contribution in [2.24, 2.45) is 29.6 Å². The highest BCUT2D eigenvalue weighted by molar-refractivity contribution is 7.99. The summed E-state index contributed by atoms with van der Waals surface area (Å²) < 4.78 is 0. The molecule has 4 aliphatic heterocycles. The van der Waals surface area contributed by atoms with Gasteiger partial charge in [-0.25, -0.2) is 0 Å². The van der Waals surface area contributed by atoms with Crippen molar-refractivity contribution in [2.75, 3.05) is 38.5 Å². The molecule has 1 aromatic heterocycles. The van der Waals surface area contributed by atoms with Gasteiger partial charge in [0.2, 0.25) is 41.4 Å². The number of thioether (sulfide) groups is 1. The lowest BCUT2D eigenvalue weighted by Gasteiger charge is -2.31. The zero-order valence-corrected chi connectivity index (χ0v) is 47.4. The van der Waals surface area contributed by atoms with Gasteiger partial charge < -0.3 is 52.0 Å². The maximum Gasteiger partial charge on any atom is 0.304 e. The van der Waals surface area contributed by atoms with Gasteiger partial charge in [0.05, 0.1) is 55.2 Å². The molecule has 10 atom stereocenters. The Morgan fingerprint density at radius 3 is 2.11 bits per heavy atom. The van der Waals surface area contributed by atoms with Crippen LogP contribution in [0.25, 0.3) is 10.9 Å². The predicted molar refractivity (Wildman–Crippen MR) is 294 cm³/mol. The van der Waals surface area contributed by atoms with E-state index in [-0.39, 0.29) is 56.6 Å². The summed E-state index contributed by atoms with van der Waals surface area (Å²) in [6.45, 7) is 6.36. The number of H-pyrrole nitrogens is 1. The first kappa shape index (κ1) is 63.6. The molecule has 5 heterocycles. The average molecular weight is 1160 g/mol. The maximum absolute atomic E-state index is 14.8. The number of hydrogen-bond acceptors (Lipinski definition) is 16. The number of carboxylic acids is 1. The third-order valence-corrected chi connectivity index (χ3v) is 16.6. The monoisotopic (exact) mass is 1160 g/mol. The average Bonchev–Trinajstić information content (AvgIpc) is 3.88. The quantitative estimate of drug-likeness (QED) is 0.0920. The number of nitrogens with zero attached hydrogens (tertiary/aromatic N) is 2. The second-order valence-electron chi connectivity index (χ2n) is 21.8. The number of Topliss-reactive ketones (excluding diaryl/α,β-unsaturated/α-hetero) is 4. The van der Waals surface area contributed by atoms with Gasteiger partial charge in [-0.1, -0.05) is 53.5 Å². The van der Waals surface area contributed by atoms with Crippen molar-refractivity contribution in [3.05, 3.63) is 41.5 Å². The van der Waals surface area contributed by atoms with Gasteiger partial charge in [-0.3, -0.25) is 72.0 Å². The number of ketones is 4. The predicted octanol–water partition coefficient (Wildman–Crippen LogP) is -0.276. The Morgan fingerprint density at radius 2 is 1.44 bits per heavy atom. The summed E-state index contributed by atoms with van der Waals surface area (Å²) in [7, 11) is 0. The normalized spacial score (nSPS) is 24.8. The Balaban J connectivity index is 1.36. The second-order valence-corrected chi connectivity index (χ2v) is 22.8. The van der Waals surface area contributed by atoms with Crippen LogP contribution in [0.3, 0.4) is 0 Å². The number of imide groups is 1. The van der Waals surface area contributed by atoms with Gasteiger partial charge >= 0.3 is 5.97 Å². The van der Waals surface area contributed by atoms with Crippen molar-refractivity contribution in [2.45, 2.75) is 141 Å². The summed E-state index contributed by atoms with van der Waals surface area (Å²) in [5.74, 6) is -15.0. The third kappa shape index (κ3) is 16.8. The number of amides is 9. The molecule has 4 aliphatic rings. The van der Waals surface area contributed by atoms with Crippen LogP contribution >= 0.6 is 11.8 Å². The highest BCUT2D eigenvalue weighted by atomic mass is 32.2. The van der Waals surface area contributed by atoms with Crippen LogP contribution < -0.4 is 31.9 Å². The van der Waals surface area contributed by atoms with Crippen molar-refractivity contribution >= 4 is 105 Å². The summed E-state index contributed by atoms with van der Waals surface area (Å²) in [6.07, 6.45) is -1.04. The fourth-order valence-electron chi connectivity index (χ4n) is 10.4. The summed E-state index contributed by atoms with van der Waals surface area (Å²) in [5.41, 5.74) is 1.31. The SMILES string of the molecule is CCC(C)[C@@H]1NC(=O)[C@@H]2C[C@@H](O)CN2C(=O)[C@H](CC(=O)O)CC(=O)[C@@H]2CSc3[nH]c4ccc(CC(=O)CNC(=O)C(C)CC(=O)CCCN5C(=O)C=CC5=O)cc4c3C[C@H](CC1=O)C(=O)NCC(=O)N[C@@H]([C@@H](C)CC)C(=O)NCC(=O)N2. The summed E-state index contributed by atoms with van der Waals surface area (Å²) in [6, 6.07) is -0.388. The molecular formula is C56H73N9O16S. The van der Waals surface area contributed by atoms with E-state index in [2.05, 4.69) is 36.9 Å². The van der Waals surface area contributed by atoms with Crippen molar-refractivity contribution in [3.8, 4) is 0 Å². The number of aliphatic carboxylic acids is 1. The zero-order chi connectivity index (χ0) is 60.1. The lowest BCUT2D eigenvalue weighted by Crippen LogP contribution is -2.55. The van der Waals surface area contributed by atoms with E-state index in [0.29, 0.717) is 39.9 Å². The maximum atomic E-state index is 14.8. The number of benzene rings is 1. The molecule has 82 heavy (non-hydrogen) atoms. The van der Waals surface area contributed by atoms with E-state index in [4.69, 9.17) is 0 Å². The molecular weight excluding hydrogens is 1090 g/mol. The molecule has 25 nitrogen and oxygen atoms in total. The van der Waals surface area contributed by atoms with E-state index < -0.39 is 182 Å². The number of aromatic amines is 1. The van der Waals surface area contributed by atoms with Gasteiger partial charge in [0.25, 0.3) is 11.8 Å². The standard InChI is InChI=1S/C56H73N9O16S/c1-6-28(3)49-43(70)19-32-18-38-37-17-31(16-35(67)23-57-51(77)30(5)15-34(66)9-8-14-64-46(73)12-13-47(64)74)10-11-39(37)61-55(38)82-27-40(60-44(71)24-59-54(80)50(29(4)7-2)62-45(72)25-58-52(32)78)42(69)20-33(21-48(75)76)56(81)65-26-36(68)22-41(65)53(79)63-49/h10-13,17,28-30,32-33,36,40-41,49-50,61,68H,6-9,14-16,18-27H2,1-5H3,(H,57,77)(H,58,78)(H,59,80)(H,60,71)(H,62,72)(H,63,79)(H,75,76)/t28?,29-,30?,32+,33-,36+,40-,41-,49-,50-/m0/s1. The largest absolute Gasteiger partial charge is 0.481 e. The molecule has 1 aromatic carbocycles. The van der Waals surface area contributed by atoms with Gasteiger partial charge in [0.15, 0.2) is 17.3 Å². The van der Waals surface area contributed by atoms with Gasteiger partial charge in [-0.05, 0) is 47.9 Å². The molecule has 0 saturated carbocycles. The molecule has 1 fully saturated rings. The Labute approximate surface area is 477 Å². The number of aromatic nitrogens is 1. The lowest BCUT2D eigenvalue weighted by atomic mass is 9.86. The van der Waals surface area contributed by atoms with Gasteiger partial charge in [-0.15, -0.1) is 11.8 Å². The van der Waals surface area contributed by atoms with Crippen LogP contribution in [0, 0.1) is 29.6 Å². The molecule has 0 spiro atoms. The zero-order valence-electron chi connectivity index (χ0n) is 46.6. The van der Waals surface area contributed by atoms with Crippen molar-refractivity contribution in [1.29, 1.82) is 0 Å². The summed E-state index contributed by atoms with van der Waals surface area (Å²) in [5, 5.41) is 37.3. The van der Waals surface area contributed by atoms with Crippen LogP contribution in [0.15, 0.2) is 35.4 Å². The van der Waals surface area contributed by atoms with Crippen LogP contribution in [-0.4, -0.2) is 176 Å². The second kappa shape index (κ2) is 28.9. The van der Waals surface area contributed by atoms with E-state index in [9.17, 15) is 77.3 Å². The molecule has 1 saturated heterocycles. The fraction of sp³-hybridized carbons (Fsp3) is 0.571. The van der Waals surface area contributed by atoms with Gasteiger partial charge in [0, 0.05) is 92.3 Å². The first-order valence-electron chi connectivity index (χ1n) is 27.7. The molecule has 0 radical (unpaired) electrons. The Bertz CT molecular complexity index is 2890. The topological polar surface area (TPSA) is 374 Å². The van der Waals surface area contributed by atoms with Gasteiger partial charge in [-0.2, -0.15) is 0 Å². The third-order valence-electron chi connectivity index (χ3n) is 15.5. The molecule has 9 N–H and O–H groups in total. The van der Waals surface area contributed by atoms with E-state index in [1.54, 1.807) is 45.9 Å². The minimum Gasteiger partial charge on any atom is -0.481 e. The minimum atomic E-state index is -1.60. The molecule has 0 aliphatic carbocycles. The van der Waals surface area contributed by atoms with E-state index >= 15 is 0 Å². The molecule has 26 heteroatoms. The van der Waals surface area contributed by atoms with Crippen LogP contribution in [-0.2, 0) is 80.0 Å². The van der Waals surface area contributed by atoms with Crippen LogP contribution in [0.4, 0.5) is 0 Å². The number of aliphatic hydroxyl groups is 1. The van der Waals surface area contributed by atoms with Gasteiger partial charge in [0.1, 0.15) is 17.9 Å². The van der Waals surface area contributed by atoms with Crippen LogP contribution in [0.5, 0.6) is 0 Å². The number of hydrogen-bond donors (Lipinski definition) is 9. The van der Waals surface area contributed by atoms with E-state index in [1.807, 2.05) is 0 Å². The molecule has 9 amide bonds. The fourth-order valence-corrected chi connectivity index (χ4v) is 11.6. The number of carboxylic acid groups (broad SMARTS) is 1. The van der Waals surface area contributed by atoms with E-state index in [0.717, 1.165) is 33.7 Å². The number of nitrogens with one attached hydrogen (secondary N) is 7. The molecule has 444 valence electrons. The first-order chi connectivity index (χ1) is 38.9. The summed E-state index contributed by atoms with van der Waals surface area (Å²) in [4.78, 5) is 194. The summed E-state index contributed by atoms with van der Waals surface area (Å²) >= 11 is 1.00. The lowest BCUT2D eigenvalue weighted by molar-refractivity contribution is -0.148. The Hall–Kier alpha value is -7.61. The molecule has 2 aromatic rings. The minimum absolute atomic E-state index is 0.0190. The molecule has 2 unspecified atom stereocenters.